The zero-order chi connectivity index (χ0) is 23.7. The first-order valence-electron chi connectivity index (χ1n) is 11.3. The zero-order valence-corrected chi connectivity index (χ0v) is 20.3. The van der Waals surface area contributed by atoms with Crippen molar-refractivity contribution >= 4 is 23.0 Å². The Kier molecular flexibility index (Phi) is 6.02. The van der Waals surface area contributed by atoms with E-state index in [0.29, 0.717) is 5.11 Å². The predicted octanol–water partition coefficient (Wildman–Crippen LogP) is 5.13. The average molecular weight is 470 g/mol. The van der Waals surface area contributed by atoms with E-state index < -0.39 is 0 Å². The molecule has 1 fully saturated rings. The van der Waals surface area contributed by atoms with Gasteiger partial charge in [0.15, 0.2) is 5.11 Å². The molecule has 0 unspecified atom stereocenters. The molecule has 6 nitrogen and oxygen atoms in total. The van der Waals surface area contributed by atoms with Crippen molar-refractivity contribution in [3.63, 3.8) is 0 Å². The Morgan fingerprint density at radius 3 is 2.50 bits per heavy atom. The Balaban J connectivity index is 1.64. The van der Waals surface area contributed by atoms with E-state index in [4.69, 9.17) is 17.0 Å². The van der Waals surface area contributed by atoms with Gasteiger partial charge in [-0.2, -0.15) is 0 Å². The first-order valence-corrected chi connectivity index (χ1v) is 11.7. The minimum absolute atomic E-state index is 0.0870. The van der Waals surface area contributed by atoms with E-state index in [9.17, 15) is 0 Å². The molecule has 2 atom stereocenters. The molecule has 4 aromatic rings. The van der Waals surface area contributed by atoms with Crippen LogP contribution in [0.5, 0.6) is 5.75 Å². The second kappa shape index (κ2) is 9.27. The Bertz CT molecular complexity index is 1310. The molecule has 3 aromatic heterocycles. The normalized spacial score (nSPS) is 17.6. The van der Waals surface area contributed by atoms with Crippen molar-refractivity contribution < 1.29 is 4.74 Å². The van der Waals surface area contributed by atoms with E-state index in [1.807, 2.05) is 48.9 Å². The van der Waals surface area contributed by atoms with Crippen LogP contribution in [0.2, 0.25) is 0 Å². The van der Waals surface area contributed by atoms with E-state index in [2.05, 4.69) is 68.9 Å². The molecule has 1 N–H and O–H groups in total. The number of pyridine rings is 2. The smallest absolute Gasteiger partial charge is 0.174 e. The van der Waals surface area contributed by atoms with Gasteiger partial charge in [-0.25, -0.2) is 0 Å². The van der Waals surface area contributed by atoms with Crippen LogP contribution in [-0.2, 0) is 6.54 Å². The molecule has 0 aliphatic carbocycles. The number of anilines is 1. The lowest BCUT2D eigenvalue weighted by atomic mass is 9.96. The average Bonchev–Trinajstić information content (AvgIpc) is 3.36. The number of nitrogens with one attached hydrogen (secondary N) is 1. The van der Waals surface area contributed by atoms with Gasteiger partial charge in [-0.05, 0) is 79.7 Å². The quantitative estimate of drug-likeness (QED) is 0.395. The van der Waals surface area contributed by atoms with Gasteiger partial charge in [0.2, 0.25) is 0 Å². The van der Waals surface area contributed by atoms with Gasteiger partial charge in [-0.3, -0.25) is 9.97 Å². The first-order chi connectivity index (χ1) is 16.6. The van der Waals surface area contributed by atoms with Crippen molar-refractivity contribution in [2.45, 2.75) is 32.5 Å². The molecule has 7 heteroatoms. The SMILES string of the molecule is COc1ccccc1N1C(=S)N[C@H](c2ccccn2)[C@H]1c1cc(C)n(Cc2ccncc2)c1C. The molecule has 5 rings (SSSR count). The van der Waals surface area contributed by atoms with E-state index in [-0.39, 0.29) is 12.1 Å². The van der Waals surface area contributed by atoms with E-state index >= 15 is 0 Å². The summed E-state index contributed by atoms with van der Waals surface area (Å²) in [5.74, 6) is 0.781. The number of thiocarbonyl (C=S) groups is 1. The Morgan fingerprint density at radius 2 is 1.76 bits per heavy atom. The molecule has 0 spiro atoms. The van der Waals surface area contributed by atoms with Crippen molar-refractivity contribution in [3.05, 3.63) is 107 Å². The van der Waals surface area contributed by atoms with Crippen LogP contribution in [0.4, 0.5) is 5.69 Å². The highest BCUT2D eigenvalue weighted by atomic mass is 32.1. The molecular weight excluding hydrogens is 442 g/mol. The van der Waals surface area contributed by atoms with Crippen LogP contribution in [0.1, 0.15) is 40.3 Å². The number of aromatic nitrogens is 3. The molecule has 0 bridgehead atoms. The van der Waals surface area contributed by atoms with Gasteiger partial charge < -0.3 is 19.5 Å². The lowest BCUT2D eigenvalue weighted by Gasteiger charge is -2.29. The minimum Gasteiger partial charge on any atom is -0.495 e. The molecule has 172 valence electrons. The fourth-order valence-corrected chi connectivity index (χ4v) is 5.14. The summed E-state index contributed by atoms with van der Waals surface area (Å²) < 4.78 is 8.06. The van der Waals surface area contributed by atoms with Crippen LogP contribution >= 0.6 is 12.2 Å². The number of rotatable bonds is 6. The third-order valence-electron chi connectivity index (χ3n) is 6.46. The van der Waals surface area contributed by atoms with Gasteiger partial charge in [0.25, 0.3) is 0 Å². The summed E-state index contributed by atoms with van der Waals surface area (Å²) in [6.45, 7) is 5.12. The van der Waals surface area contributed by atoms with Gasteiger partial charge in [0.05, 0.1) is 30.6 Å². The maximum Gasteiger partial charge on any atom is 0.174 e. The van der Waals surface area contributed by atoms with Crippen molar-refractivity contribution in [1.82, 2.24) is 19.9 Å². The molecule has 4 heterocycles. The Hall–Kier alpha value is -3.71. The van der Waals surface area contributed by atoms with Crippen LogP contribution in [0.3, 0.4) is 0 Å². The maximum absolute atomic E-state index is 5.89. The van der Waals surface area contributed by atoms with Crippen LogP contribution in [0.15, 0.2) is 79.3 Å². The monoisotopic (exact) mass is 469 g/mol. The second-order valence-electron chi connectivity index (χ2n) is 8.44. The molecular formula is C27H27N5OS. The van der Waals surface area contributed by atoms with Crippen LogP contribution in [0, 0.1) is 13.8 Å². The molecule has 0 saturated carbocycles. The fourth-order valence-electron chi connectivity index (χ4n) is 4.80. The highest BCUT2D eigenvalue weighted by Crippen LogP contribution is 2.45. The van der Waals surface area contributed by atoms with Crippen LogP contribution in [-0.4, -0.2) is 26.8 Å². The van der Waals surface area contributed by atoms with E-state index in [0.717, 1.165) is 23.7 Å². The largest absolute Gasteiger partial charge is 0.495 e. The van der Waals surface area contributed by atoms with Gasteiger partial charge in [-0.15, -0.1) is 0 Å². The molecule has 1 aliphatic rings. The molecule has 34 heavy (non-hydrogen) atoms. The highest BCUT2D eigenvalue weighted by molar-refractivity contribution is 7.80. The lowest BCUT2D eigenvalue weighted by Crippen LogP contribution is -2.30. The Labute approximate surface area is 205 Å². The third-order valence-corrected chi connectivity index (χ3v) is 6.78. The van der Waals surface area contributed by atoms with Crippen LogP contribution in [0.25, 0.3) is 0 Å². The summed E-state index contributed by atoms with van der Waals surface area (Å²) in [5, 5.41) is 4.20. The lowest BCUT2D eigenvalue weighted by molar-refractivity contribution is 0.414. The van der Waals surface area contributed by atoms with Gasteiger partial charge in [-0.1, -0.05) is 18.2 Å². The first kappa shape index (κ1) is 22.1. The van der Waals surface area contributed by atoms with Crippen molar-refractivity contribution in [3.8, 4) is 5.75 Å². The molecule has 0 radical (unpaired) electrons. The second-order valence-corrected chi connectivity index (χ2v) is 8.82. The predicted molar refractivity (Wildman–Crippen MR) is 138 cm³/mol. The standard InChI is InChI=1S/C27H27N5OS/c1-18-16-21(19(2)31(18)17-20-11-14-28-15-12-20)26-25(22-8-6-7-13-29-22)30-27(34)32(26)23-9-4-5-10-24(23)33-3/h4-16,25-26H,17H2,1-3H3,(H,30,34)/t25-,26-/m1/s1. The van der Waals surface area contributed by atoms with Crippen LogP contribution < -0.4 is 15.0 Å². The number of nitrogens with zero attached hydrogens (tertiary/aromatic N) is 4. The number of aryl methyl sites for hydroxylation is 1. The van der Waals surface area contributed by atoms with Crippen molar-refractivity contribution in [1.29, 1.82) is 0 Å². The fraction of sp³-hybridized carbons (Fsp3) is 0.222. The third kappa shape index (κ3) is 3.92. The summed E-state index contributed by atoms with van der Waals surface area (Å²) in [7, 11) is 1.69. The number of methoxy groups -OCH3 is 1. The summed E-state index contributed by atoms with van der Waals surface area (Å²) in [6, 6.07) is 20.2. The molecule has 1 aromatic carbocycles. The Morgan fingerprint density at radius 1 is 1.00 bits per heavy atom. The number of benzene rings is 1. The number of hydrogen-bond acceptors (Lipinski definition) is 4. The van der Waals surface area contributed by atoms with E-state index in [1.54, 1.807) is 7.11 Å². The maximum atomic E-state index is 5.89. The van der Waals surface area contributed by atoms with Crippen molar-refractivity contribution in [2.24, 2.45) is 0 Å². The summed E-state index contributed by atoms with van der Waals surface area (Å²) in [5.41, 5.74) is 6.70. The number of ether oxygens (including phenoxy) is 1. The van der Waals surface area contributed by atoms with E-state index in [1.165, 1.54) is 22.5 Å². The number of para-hydroxylation sites is 2. The number of hydrogen-bond donors (Lipinski definition) is 1. The summed E-state index contributed by atoms with van der Waals surface area (Å²) in [6.07, 6.45) is 5.50. The summed E-state index contributed by atoms with van der Waals surface area (Å²) >= 11 is 5.89. The van der Waals surface area contributed by atoms with Crippen molar-refractivity contribution in [2.75, 3.05) is 12.0 Å². The van der Waals surface area contributed by atoms with Gasteiger partial charge in [0.1, 0.15) is 5.75 Å². The van der Waals surface area contributed by atoms with Gasteiger partial charge in [0, 0.05) is 36.5 Å². The zero-order valence-electron chi connectivity index (χ0n) is 19.5. The van der Waals surface area contributed by atoms with Gasteiger partial charge >= 0.3 is 0 Å². The topological polar surface area (TPSA) is 55.2 Å². The summed E-state index contributed by atoms with van der Waals surface area (Å²) in [4.78, 5) is 11.0. The molecule has 0 amide bonds. The molecule has 1 saturated heterocycles. The minimum atomic E-state index is -0.103. The highest BCUT2D eigenvalue weighted by Gasteiger charge is 2.43. The molecule has 1 aliphatic heterocycles.